The van der Waals surface area contributed by atoms with Gasteiger partial charge in [-0.05, 0) is 76.3 Å². The Morgan fingerprint density at radius 3 is 1.14 bits per heavy atom. The van der Waals surface area contributed by atoms with Gasteiger partial charge in [0, 0.05) is 41.5 Å². The van der Waals surface area contributed by atoms with E-state index in [1.54, 1.807) is 113 Å². The maximum atomic E-state index is 13.9. The summed E-state index contributed by atoms with van der Waals surface area (Å²) < 4.78 is 120. The molecular formula is C69H83NO25. The minimum absolute atomic E-state index is 0.00585. The van der Waals surface area contributed by atoms with Crippen molar-refractivity contribution >= 4 is 35.8 Å². The highest BCUT2D eigenvalue weighted by Crippen LogP contribution is 2.39. The topological polar surface area (TPSA) is 290 Å². The standard InChI is InChI=1S/C69H83NO25/c1-40(71)70-58-62(60(88-43(4)74)56(38-82-41(2)72)91-67(58)87-36-46-14-12-11-13-15-46)94-69-66(90-45(6)76)64(61(89-44(5)75)57(93-69)39-83-42(3)73)95-68-65(86-35-50-22-30-54(80-10)31-23-50)63(85-34-49-20-28-53(79-9)29-21-49)59(84-33-48-18-26-52(78-8)27-19-48)55(92-68)37-81-32-47-16-24-51(77-7)25-17-47/h11-31,55-69H,32-39H2,1-10H3,(H,70,71)/t55-,56-,57-,58-,59+,60-,61+,62-,63+,64+,65-,66-,67-,68-,69+/m1/s1. The number of esters is 5. The van der Waals surface area contributed by atoms with Crippen LogP contribution < -0.4 is 24.3 Å². The lowest BCUT2D eigenvalue weighted by Gasteiger charge is -2.51. The summed E-state index contributed by atoms with van der Waals surface area (Å²) >= 11 is 0. The molecule has 8 rings (SSSR count). The monoisotopic (exact) mass is 1330 g/mol. The fourth-order valence-corrected chi connectivity index (χ4v) is 10.9. The molecule has 0 aliphatic carbocycles. The van der Waals surface area contributed by atoms with Crippen molar-refractivity contribution in [1.82, 2.24) is 5.32 Å². The van der Waals surface area contributed by atoms with Crippen molar-refractivity contribution in [3.8, 4) is 23.0 Å². The second kappa shape index (κ2) is 36.0. The predicted octanol–water partition coefficient (Wildman–Crippen LogP) is 6.58. The van der Waals surface area contributed by atoms with Crippen LogP contribution in [0.2, 0.25) is 0 Å². The third-order valence-electron chi connectivity index (χ3n) is 15.4. The van der Waals surface area contributed by atoms with Gasteiger partial charge in [0.25, 0.3) is 0 Å². The molecule has 0 aromatic heterocycles. The van der Waals surface area contributed by atoms with Crippen LogP contribution >= 0.6 is 0 Å². The second-order valence-corrected chi connectivity index (χ2v) is 22.4. The Balaban J connectivity index is 1.28. The van der Waals surface area contributed by atoms with Crippen molar-refractivity contribution in [3.63, 3.8) is 0 Å². The Morgan fingerprint density at radius 1 is 0.347 bits per heavy atom. The van der Waals surface area contributed by atoms with Crippen molar-refractivity contribution < 1.29 is 119 Å². The normalized spacial score (nSPS) is 25.6. The Hall–Kier alpha value is -8.28. The molecule has 95 heavy (non-hydrogen) atoms. The summed E-state index contributed by atoms with van der Waals surface area (Å²) in [6.45, 7) is 5.32. The van der Waals surface area contributed by atoms with Crippen LogP contribution in [0.3, 0.4) is 0 Å². The molecule has 1 amide bonds. The van der Waals surface area contributed by atoms with E-state index in [1.165, 1.54) is 6.92 Å². The number of hydrogen-bond donors (Lipinski definition) is 1. The van der Waals surface area contributed by atoms with E-state index in [4.69, 9.17) is 90.0 Å². The van der Waals surface area contributed by atoms with E-state index in [9.17, 15) is 28.8 Å². The molecule has 3 aliphatic heterocycles. The van der Waals surface area contributed by atoms with Gasteiger partial charge in [0.05, 0.1) is 68.1 Å². The molecule has 3 fully saturated rings. The molecule has 0 bridgehead atoms. The number of nitrogens with one attached hydrogen (secondary N) is 1. The van der Waals surface area contributed by atoms with Gasteiger partial charge in [-0.15, -0.1) is 0 Å². The van der Waals surface area contributed by atoms with Gasteiger partial charge < -0.3 is 95.3 Å². The maximum Gasteiger partial charge on any atom is 0.303 e. The number of benzene rings is 5. The molecule has 3 aliphatic rings. The minimum atomic E-state index is -1.92. The molecule has 26 heteroatoms. The SMILES string of the molecule is COc1ccc(COC[C@H]2O[C@H](O[C@H]3[C@@H](OC(C)=O)[C@@H](COC(C)=O)O[C@@H](O[C@@H]4[C@@H](NC(C)=O)[C@H](OCc5ccccc5)O[C@H](COC(C)=O)[C@H]4OC(C)=O)[C@@H]3OC(C)=O)[C@H](OCc3ccc(OC)cc3)[C@@H](OCc3ccc(OC)cc3)[C@H]2OCc2ccc(OC)cc2)cc1. The summed E-state index contributed by atoms with van der Waals surface area (Å²) in [5.74, 6) is -2.38. The average molecular weight is 1330 g/mol. The van der Waals surface area contributed by atoms with Gasteiger partial charge in [-0.3, -0.25) is 28.8 Å². The molecule has 3 heterocycles. The number of hydrogen-bond acceptors (Lipinski definition) is 25. The number of methoxy groups -OCH3 is 4. The summed E-state index contributed by atoms with van der Waals surface area (Å²) in [4.78, 5) is 79.4. The van der Waals surface area contributed by atoms with Gasteiger partial charge in [0.2, 0.25) is 5.91 Å². The lowest BCUT2D eigenvalue weighted by Crippen LogP contribution is -2.70. The molecule has 15 atom stereocenters. The van der Waals surface area contributed by atoms with Crippen LogP contribution in [0.15, 0.2) is 127 Å². The molecule has 5 aromatic carbocycles. The molecule has 26 nitrogen and oxygen atoms in total. The molecule has 5 aromatic rings. The maximum absolute atomic E-state index is 13.9. The van der Waals surface area contributed by atoms with Crippen molar-refractivity contribution in [2.24, 2.45) is 0 Å². The van der Waals surface area contributed by atoms with Crippen molar-refractivity contribution in [3.05, 3.63) is 155 Å². The average Bonchev–Trinajstić information content (AvgIpc) is 0.764. The van der Waals surface area contributed by atoms with Gasteiger partial charge in [-0.25, -0.2) is 0 Å². The molecule has 3 saturated heterocycles. The Morgan fingerprint density at radius 2 is 0.705 bits per heavy atom. The van der Waals surface area contributed by atoms with E-state index in [-0.39, 0.29) is 39.6 Å². The zero-order valence-electron chi connectivity index (χ0n) is 54.6. The smallest absolute Gasteiger partial charge is 0.303 e. The van der Waals surface area contributed by atoms with Gasteiger partial charge in [-0.2, -0.15) is 0 Å². The first kappa shape index (κ1) is 72.5. The zero-order chi connectivity index (χ0) is 68.0. The number of amides is 1. The molecule has 1 N–H and O–H groups in total. The van der Waals surface area contributed by atoms with E-state index in [0.717, 1.165) is 45.7 Å². The van der Waals surface area contributed by atoms with Crippen LogP contribution in [0.5, 0.6) is 23.0 Å². The summed E-state index contributed by atoms with van der Waals surface area (Å²) in [5, 5.41) is 2.81. The van der Waals surface area contributed by atoms with Crippen LogP contribution in [-0.2, 0) is 133 Å². The van der Waals surface area contributed by atoms with Gasteiger partial charge >= 0.3 is 29.8 Å². The highest BCUT2D eigenvalue weighted by atomic mass is 16.8. The lowest BCUT2D eigenvalue weighted by molar-refractivity contribution is -0.381. The minimum Gasteiger partial charge on any atom is -0.497 e. The fourth-order valence-electron chi connectivity index (χ4n) is 10.9. The summed E-state index contributed by atoms with van der Waals surface area (Å²) in [6.07, 6.45) is -21.1. The first-order chi connectivity index (χ1) is 45.8. The first-order valence-corrected chi connectivity index (χ1v) is 30.7. The number of carbonyl (C=O) groups is 6. The number of rotatable bonds is 32. The Kier molecular flexibility index (Phi) is 27.5. The Bertz CT molecular complexity index is 3230. The van der Waals surface area contributed by atoms with Crippen LogP contribution in [0, 0.1) is 0 Å². The summed E-state index contributed by atoms with van der Waals surface area (Å²) in [7, 11) is 6.22. The molecule has 0 unspecified atom stereocenters. The molecular weight excluding hydrogens is 1240 g/mol. The van der Waals surface area contributed by atoms with E-state index in [1.807, 2.05) is 42.5 Å². The quantitative estimate of drug-likeness (QED) is 0.0351. The number of ether oxygens (including phenoxy) is 19. The van der Waals surface area contributed by atoms with Crippen molar-refractivity contribution in [2.45, 2.75) is 167 Å². The van der Waals surface area contributed by atoms with E-state index in [0.29, 0.717) is 39.7 Å². The summed E-state index contributed by atoms with van der Waals surface area (Å²) in [5.41, 5.74) is 3.61. The zero-order valence-corrected chi connectivity index (χ0v) is 54.6. The largest absolute Gasteiger partial charge is 0.497 e. The van der Waals surface area contributed by atoms with Crippen molar-refractivity contribution in [2.75, 3.05) is 48.3 Å². The molecule has 514 valence electrons. The molecule has 0 spiro atoms. The van der Waals surface area contributed by atoms with Crippen LogP contribution in [-0.4, -0.2) is 176 Å². The molecule has 0 radical (unpaired) electrons. The highest BCUT2D eigenvalue weighted by Gasteiger charge is 2.59. The highest BCUT2D eigenvalue weighted by molar-refractivity contribution is 5.73. The van der Waals surface area contributed by atoms with Crippen LogP contribution in [0.4, 0.5) is 0 Å². The first-order valence-electron chi connectivity index (χ1n) is 30.7. The van der Waals surface area contributed by atoms with Crippen LogP contribution in [0.25, 0.3) is 0 Å². The third kappa shape index (κ3) is 21.4. The van der Waals surface area contributed by atoms with Crippen molar-refractivity contribution in [1.29, 1.82) is 0 Å². The van der Waals surface area contributed by atoms with E-state index in [2.05, 4.69) is 5.32 Å². The fraction of sp³-hybridized carbons (Fsp3) is 0.478. The predicted molar refractivity (Wildman–Crippen MR) is 332 cm³/mol. The van der Waals surface area contributed by atoms with E-state index >= 15 is 0 Å². The molecule has 0 saturated carbocycles. The van der Waals surface area contributed by atoms with Gasteiger partial charge in [0.1, 0.15) is 91.1 Å². The number of carbonyl (C=O) groups excluding carboxylic acids is 6. The summed E-state index contributed by atoms with van der Waals surface area (Å²) in [6, 6.07) is 36.5. The lowest BCUT2D eigenvalue weighted by atomic mass is 9.94. The Labute approximate surface area is 551 Å². The van der Waals surface area contributed by atoms with Gasteiger partial charge in [0.15, 0.2) is 37.2 Å². The van der Waals surface area contributed by atoms with Crippen LogP contribution in [0.1, 0.15) is 69.4 Å². The third-order valence-corrected chi connectivity index (χ3v) is 15.4. The second-order valence-electron chi connectivity index (χ2n) is 22.4. The van der Waals surface area contributed by atoms with E-state index < -0.39 is 141 Å². The van der Waals surface area contributed by atoms with Gasteiger partial charge in [-0.1, -0.05) is 78.9 Å².